The second-order valence-corrected chi connectivity index (χ2v) is 5.38. The number of benzene rings is 1. The number of H-pyrrole nitrogens is 1. The first-order valence-electron chi connectivity index (χ1n) is 6.06. The number of thioether (sulfide) groups is 1. The number of para-hydroxylation sites is 1. The molecule has 0 saturated heterocycles. The second-order valence-electron chi connectivity index (χ2n) is 4.24. The van der Waals surface area contributed by atoms with Crippen molar-refractivity contribution in [3.63, 3.8) is 0 Å². The number of hydrogen-bond acceptors (Lipinski definition) is 4. The number of aromatic nitrogens is 4. The SMILES string of the molecule is O=C(O)c1cn(CCSc2cc3ccccc3[nH]2)nn1. The van der Waals surface area contributed by atoms with Crippen LogP contribution in [0.5, 0.6) is 0 Å². The van der Waals surface area contributed by atoms with Gasteiger partial charge in [-0.1, -0.05) is 23.4 Å². The topological polar surface area (TPSA) is 83.8 Å². The average Bonchev–Trinajstić information content (AvgIpc) is 3.04. The van der Waals surface area contributed by atoms with Gasteiger partial charge in [0.2, 0.25) is 0 Å². The summed E-state index contributed by atoms with van der Waals surface area (Å²) in [6.07, 6.45) is 1.44. The molecule has 3 aromatic rings. The monoisotopic (exact) mass is 288 g/mol. The molecule has 3 rings (SSSR count). The van der Waals surface area contributed by atoms with Crippen molar-refractivity contribution in [2.24, 2.45) is 0 Å². The van der Waals surface area contributed by atoms with Crippen molar-refractivity contribution in [3.05, 3.63) is 42.2 Å². The van der Waals surface area contributed by atoms with Gasteiger partial charge in [0.05, 0.1) is 17.8 Å². The van der Waals surface area contributed by atoms with Crippen LogP contribution in [0.25, 0.3) is 10.9 Å². The van der Waals surface area contributed by atoms with E-state index in [0.29, 0.717) is 6.54 Å². The van der Waals surface area contributed by atoms with Crippen molar-refractivity contribution >= 4 is 28.6 Å². The molecule has 0 unspecified atom stereocenters. The fourth-order valence-corrected chi connectivity index (χ4v) is 2.77. The van der Waals surface area contributed by atoms with Crippen LogP contribution in [-0.2, 0) is 6.54 Å². The van der Waals surface area contributed by atoms with E-state index < -0.39 is 5.97 Å². The van der Waals surface area contributed by atoms with Crippen molar-refractivity contribution in [3.8, 4) is 0 Å². The molecule has 0 aliphatic heterocycles. The summed E-state index contributed by atoms with van der Waals surface area (Å²) in [5.74, 6) is -0.269. The van der Waals surface area contributed by atoms with Gasteiger partial charge in [-0.2, -0.15) is 0 Å². The molecular formula is C13H12N4O2S. The minimum Gasteiger partial charge on any atom is -0.476 e. The summed E-state index contributed by atoms with van der Waals surface area (Å²) in [5.41, 5.74) is 1.09. The number of carboxylic acid groups (broad SMARTS) is 1. The number of aromatic amines is 1. The minimum absolute atomic E-state index is 0.0272. The quantitative estimate of drug-likeness (QED) is 0.703. The van der Waals surface area contributed by atoms with Crippen molar-refractivity contribution in [2.75, 3.05) is 5.75 Å². The lowest BCUT2D eigenvalue weighted by Gasteiger charge is -1.98. The van der Waals surface area contributed by atoms with Gasteiger partial charge in [0.25, 0.3) is 0 Å². The molecule has 0 saturated carbocycles. The smallest absolute Gasteiger partial charge is 0.358 e. The zero-order chi connectivity index (χ0) is 13.9. The van der Waals surface area contributed by atoms with E-state index in [2.05, 4.69) is 27.4 Å². The third-order valence-corrected chi connectivity index (χ3v) is 3.76. The summed E-state index contributed by atoms with van der Waals surface area (Å²) in [6, 6.07) is 10.2. The molecule has 0 fully saturated rings. The Bertz CT molecular complexity index is 717. The second kappa shape index (κ2) is 5.38. The van der Waals surface area contributed by atoms with Crippen LogP contribution in [-0.4, -0.2) is 36.8 Å². The molecule has 7 heteroatoms. The number of hydrogen-bond donors (Lipinski definition) is 2. The summed E-state index contributed by atoms with van der Waals surface area (Å²) in [7, 11) is 0. The third-order valence-electron chi connectivity index (χ3n) is 2.84. The number of fused-ring (bicyclic) bond motifs is 1. The first-order valence-corrected chi connectivity index (χ1v) is 7.05. The molecule has 0 bridgehead atoms. The van der Waals surface area contributed by atoms with Crippen LogP contribution < -0.4 is 0 Å². The predicted octanol–water partition coefficient (Wildman–Crippen LogP) is 2.25. The van der Waals surface area contributed by atoms with Crippen LogP contribution in [0.3, 0.4) is 0 Å². The lowest BCUT2D eigenvalue weighted by Crippen LogP contribution is -2.01. The highest BCUT2D eigenvalue weighted by Gasteiger charge is 2.08. The van der Waals surface area contributed by atoms with Gasteiger partial charge < -0.3 is 10.1 Å². The van der Waals surface area contributed by atoms with Gasteiger partial charge in [0.1, 0.15) is 0 Å². The van der Waals surface area contributed by atoms with E-state index in [0.717, 1.165) is 16.3 Å². The Morgan fingerprint density at radius 1 is 1.40 bits per heavy atom. The maximum absolute atomic E-state index is 10.7. The van der Waals surface area contributed by atoms with Crippen LogP contribution in [0, 0.1) is 0 Å². The van der Waals surface area contributed by atoms with Gasteiger partial charge in [-0.05, 0) is 12.1 Å². The van der Waals surface area contributed by atoms with Crippen molar-refractivity contribution in [1.29, 1.82) is 0 Å². The molecule has 0 amide bonds. The third kappa shape index (κ3) is 2.67. The zero-order valence-corrected chi connectivity index (χ0v) is 11.3. The molecule has 2 heterocycles. The van der Waals surface area contributed by atoms with Crippen molar-refractivity contribution in [1.82, 2.24) is 20.0 Å². The average molecular weight is 288 g/mol. The Hall–Kier alpha value is -2.28. The molecule has 0 radical (unpaired) electrons. The standard InChI is InChI=1S/C13H12N4O2S/c18-13(19)11-8-17(16-15-11)5-6-20-12-7-9-3-1-2-4-10(9)14-12/h1-4,7-8,14H,5-6H2,(H,18,19). The molecule has 1 aromatic carbocycles. The number of aryl methyl sites for hydroxylation is 1. The number of carboxylic acids is 1. The predicted molar refractivity (Wildman–Crippen MR) is 76.0 cm³/mol. The molecule has 0 atom stereocenters. The van der Waals surface area contributed by atoms with E-state index in [-0.39, 0.29) is 5.69 Å². The Morgan fingerprint density at radius 3 is 3.00 bits per heavy atom. The number of nitrogens with one attached hydrogen (secondary N) is 1. The van der Waals surface area contributed by atoms with Crippen LogP contribution >= 0.6 is 11.8 Å². The fraction of sp³-hybridized carbons (Fsp3) is 0.154. The lowest BCUT2D eigenvalue weighted by atomic mass is 10.3. The van der Waals surface area contributed by atoms with Crippen LogP contribution in [0.1, 0.15) is 10.5 Å². The van der Waals surface area contributed by atoms with E-state index in [4.69, 9.17) is 5.11 Å². The van der Waals surface area contributed by atoms with Gasteiger partial charge in [-0.25, -0.2) is 4.79 Å². The summed E-state index contributed by atoms with van der Waals surface area (Å²) < 4.78 is 1.54. The number of rotatable bonds is 5. The highest BCUT2D eigenvalue weighted by molar-refractivity contribution is 7.99. The van der Waals surface area contributed by atoms with Crippen LogP contribution in [0.2, 0.25) is 0 Å². The fourth-order valence-electron chi connectivity index (χ4n) is 1.88. The molecule has 2 N–H and O–H groups in total. The largest absolute Gasteiger partial charge is 0.476 e. The van der Waals surface area contributed by atoms with Gasteiger partial charge in [-0.15, -0.1) is 16.9 Å². The number of carbonyl (C=O) groups is 1. The Balaban J connectivity index is 1.60. The number of aromatic carboxylic acids is 1. The van der Waals surface area contributed by atoms with E-state index in [1.807, 2.05) is 18.2 Å². The first kappa shape index (κ1) is 12.7. The molecule has 0 aliphatic carbocycles. The zero-order valence-electron chi connectivity index (χ0n) is 10.5. The Kier molecular flexibility index (Phi) is 3.42. The van der Waals surface area contributed by atoms with E-state index in [9.17, 15) is 4.79 Å². The van der Waals surface area contributed by atoms with Gasteiger partial charge >= 0.3 is 5.97 Å². The van der Waals surface area contributed by atoms with E-state index in [1.165, 1.54) is 11.6 Å². The molecule has 20 heavy (non-hydrogen) atoms. The Labute approximate surface area is 118 Å². The lowest BCUT2D eigenvalue weighted by molar-refractivity contribution is 0.0690. The van der Waals surface area contributed by atoms with Crippen molar-refractivity contribution in [2.45, 2.75) is 11.6 Å². The first-order chi connectivity index (χ1) is 9.72. The molecule has 2 aromatic heterocycles. The summed E-state index contributed by atoms with van der Waals surface area (Å²) >= 11 is 1.67. The Morgan fingerprint density at radius 2 is 2.25 bits per heavy atom. The molecule has 102 valence electrons. The van der Waals surface area contributed by atoms with Gasteiger partial charge in [0, 0.05) is 16.7 Å². The molecular weight excluding hydrogens is 276 g/mol. The van der Waals surface area contributed by atoms with Crippen LogP contribution in [0.15, 0.2) is 41.6 Å². The normalized spacial score (nSPS) is 11.0. The maximum atomic E-state index is 10.7. The van der Waals surface area contributed by atoms with Crippen molar-refractivity contribution < 1.29 is 9.90 Å². The van der Waals surface area contributed by atoms with E-state index in [1.54, 1.807) is 16.4 Å². The minimum atomic E-state index is -1.06. The summed E-state index contributed by atoms with van der Waals surface area (Å²) in [6.45, 7) is 0.611. The maximum Gasteiger partial charge on any atom is 0.358 e. The van der Waals surface area contributed by atoms with Gasteiger partial charge in [-0.3, -0.25) is 4.68 Å². The highest BCUT2D eigenvalue weighted by atomic mass is 32.2. The van der Waals surface area contributed by atoms with E-state index >= 15 is 0 Å². The molecule has 6 nitrogen and oxygen atoms in total. The highest BCUT2D eigenvalue weighted by Crippen LogP contribution is 2.23. The summed E-state index contributed by atoms with van der Waals surface area (Å²) in [5, 5.41) is 18.4. The molecule has 0 aliphatic rings. The summed E-state index contributed by atoms with van der Waals surface area (Å²) in [4.78, 5) is 14.0. The molecule has 0 spiro atoms. The van der Waals surface area contributed by atoms with Crippen LogP contribution in [0.4, 0.5) is 0 Å². The van der Waals surface area contributed by atoms with Gasteiger partial charge in [0.15, 0.2) is 5.69 Å². The number of nitrogens with zero attached hydrogens (tertiary/aromatic N) is 3.